The Labute approximate surface area is 138 Å². The Morgan fingerprint density at radius 1 is 1.18 bits per heavy atom. The van der Waals surface area contributed by atoms with E-state index < -0.39 is 5.44 Å². The van der Waals surface area contributed by atoms with Gasteiger partial charge in [0, 0.05) is 24.5 Å². The van der Waals surface area contributed by atoms with Crippen LogP contribution in [-0.4, -0.2) is 42.1 Å². The maximum absolute atomic E-state index is 6.39. The van der Waals surface area contributed by atoms with E-state index in [1.54, 1.807) is 0 Å². The summed E-state index contributed by atoms with van der Waals surface area (Å²) in [7, 11) is 6.39. The number of hydrogen-bond donors (Lipinski definition) is 1. The third-order valence-corrected chi connectivity index (χ3v) is 5.19. The van der Waals surface area contributed by atoms with Crippen LogP contribution in [0.2, 0.25) is 0 Å². The van der Waals surface area contributed by atoms with Gasteiger partial charge >= 0.3 is 0 Å². The number of fused-ring (bicyclic) bond motifs is 1. The average Bonchev–Trinajstić information content (AvgIpc) is 2.45. The van der Waals surface area contributed by atoms with Crippen LogP contribution in [0.25, 0.3) is 0 Å². The molecular weight excluding hydrogens is 269 g/mol. The highest BCUT2D eigenvalue weighted by atomic mass is 15.2. The fourth-order valence-electron chi connectivity index (χ4n) is 4.35. The lowest BCUT2D eigenvalue weighted by Gasteiger charge is -2.47. The molecule has 1 saturated heterocycles. The molecule has 22 heavy (non-hydrogen) atoms. The number of likely N-dealkylation sites (tertiary alicyclic amines) is 1. The Kier molecular flexibility index (Phi) is 5.98. The van der Waals surface area contributed by atoms with Crippen molar-refractivity contribution in [2.24, 2.45) is 16.6 Å². The fraction of sp³-hybridized carbons (Fsp3) is 0.944. The van der Waals surface area contributed by atoms with Crippen molar-refractivity contribution in [3.63, 3.8) is 0 Å². The van der Waals surface area contributed by atoms with Gasteiger partial charge in [-0.2, -0.15) is 0 Å². The van der Waals surface area contributed by atoms with Gasteiger partial charge in [0.05, 0.1) is 13.7 Å². The largest absolute Gasteiger partial charge is 0.355 e. The molecule has 2 fully saturated rings. The Hall–Kier alpha value is -0.505. The smallest absolute Gasteiger partial charge is 0.0997 e. The van der Waals surface area contributed by atoms with Crippen molar-refractivity contribution in [2.75, 3.05) is 0 Å². The van der Waals surface area contributed by atoms with Crippen LogP contribution >= 0.6 is 0 Å². The minimum absolute atomic E-state index is 0.368. The van der Waals surface area contributed by atoms with Gasteiger partial charge in [0.2, 0.25) is 0 Å². The Balaban J connectivity index is 2.26. The first-order chi connectivity index (χ1) is 10.3. The van der Waals surface area contributed by atoms with Crippen LogP contribution in [0.15, 0.2) is 4.99 Å². The molecular formula is C18H34BN3. The number of rotatable bonds is 2. The second kappa shape index (κ2) is 7.38. The summed E-state index contributed by atoms with van der Waals surface area (Å²) in [6, 6.07) is 1.43. The average molecular weight is 303 g/mol. The molecule has 124 valence electrons. The minimum Gasteiger partial charge on any atom is -0.355 e. The molecule has 1 aliphatic carbocycles. The molecule has 1 saturated carbocycles. The van der Waals surface area contributed by atoms with Crippen molar-refractivity contribution < 1.29 is 0 Å². The highest BCUT2D eigenvalue weighted by Crippen LogP contribution is 2.37. The molecule has 0 spiro atoms. The normalized spacial score (nSPS) is 36.1. The van der Waals surface area contributed by atoms with E-state index in [1.807, 2.05) is 0 Å². The molecule has 2 N–H and O–H groups in total. The molecule has 0 amide bonds. The van der Waals surface area contributed by atoms with Crippen molar-refractivity contribution in [3.8, 4) is 0 Å². The lowest BCUT2D eigenvalue weighted by Crippen LogP contribution is -2.54. The second-order valence-electron chi connectivity index (χ2n) is 8.04. The first-order valence-electron chi connectivity index (χ1n) is 9.23. The van der Waals surface area contributed by atoms with Crippen LogP contribution in [0.5, 0.6) is 0 Å². The minimum atomic E-state index is -0.484. The lowest BCUT2D eigenvalue weighted by atomic mass is 9.67. The molecule has 3 nitrogen and oxygen atoms in total. The van der Waals surface area contributed by atoms with Crippen molar-refractivity contribution in [3.05, 3.63) is 0 Å². The summed E-state index contributed by atoms with van der Waals surface area (Å²) >= 11 is 0. The molecule has 1 heterocycles. The molecule has 0 aromatic rings. The van der Waals surface area contributed by atoms with E-state index in [2.05, 4.69) is 32.6 Å². The van der Waals surface area contributed by atoms with E-state index in [-0.39, 0.29) is 0 Å². The van der Waals surface area contributed by atoms with Crippen LogP contribution in [0.3, 0.4) is 0 Å². The molecule has 1 aliphatic heterocycles. The molecule has 2 aliphatic rings. The predicted molar refractivity (Wildman–Crippen MR) is 96.4 cm³/mol. The predicted octanol–water partition coefficient (Wildman–Crippen LogP) is 3.46. The Morgan fingerprint density at radius 2 is 1.91 bits per heavy atom. The zero-order valence-corrected chi connectivity index (χ0v) is 15.0. The van der Waals surface area contributed by atoms with Crippen molar-refractivity contribution in [1.29, 1.82) is 0 Å². The van der Waals surface area contributed by atoms with Crippen molar-refractivity contribution in [1.82, 2.24) is 4.90 Å². The molecule has 0 aromatic heterocycles. The molecule has 0 aromatic carbocycles. The maximum Gasteiger partial charge on any atom is 0.0997 e. The molecule has 3 unspecified atom stereocenters. The first kappa shape index (κ1) is 17.8. The quantitative estimate of drug-likeness (QED) is 0.794. The summed E-state index contributed by atoms with van der Waals surface area (Å²) in [5, 5.41) is 0. The summed E-state index contributed by atoms with van der Waals surface area (Å²) < 4.78 is 0. The zero-order chi connectivity index (χ0) is 16.3. The number of nitrogens with zero attached hydrogens (tertiary/aromatic N) is 2. The van der Waals surface area contributed by atoms with Gasteiger partial charge in [-0.3, -0.25) is 4.99 Å². The maximum atomic E-state index is 6.39. The van der Waals surface area contributed by atoms with Crippen molar-refractivity contribution >= 4 is 13.7 Å². The summed E-state index contributed by atoms with van der Waals surface area (Å²) in [6.07, 6.45) is 9.15. The molecule has 2 rings (SSSR count). The standard InChI is InChI=1S/C18H34BN3/c1-13(2)21-17-10-9-15-12-18(19,20)11-7-5-6-8-16(15)22(17)14(3)4/h13-16H,5-12,20H2,1-4H3. The number of aliphatic imine (C=N–C) groups is 1. The van der Waals surface area contributed by atoms with E-state index in [1.165, 1.54) is 37.9 Å². The van der Waals surface area contributed by atoms with Crippen LogP contribution in [-0.2, 0) is 0 Å². The molecule has 0 bridgehead atoms. The monoisotopic (exact) mass is 303 g/mol. The van der Waals surface area contributed by atoms with Gasteiger partial charge in [-0.1, -0.05) is 19.3 Å². The number of hydrogen-bond acceptors (Lipinski definition) is 2. The SMILES string of the molecule is [B]C1(N)CCCCCC2C(CCC(=NC(C)C)N2C(C)C)C1. The van der Waals surface area contributed by atoms with E-state index >= 15 is 0 Å². The van der Waals surface area contributed by atoms with Gasteiger partial charge in [-0.15, -0.1) is 0 Å². The van der Waals surface area contributed by atoms with Gasteiger partial charge in [0.15, 0.2) is 0 Å². The van der Waals surface area contributed by atoms with E-state index in [9.17, 15) is 0 Å². The summed E-state index contributed by atoms with van der Waals surface area (Å²) in [5.41, 5.74) is 5.91. The summed E-state index contributed by atoms with van der Waals surface area (Å²) in [6.45, 7) is 8.93. The van der Waals surface area contributed by atoms with Crippen LogP contribution < -0.4 is 5.73 Å². The highest BCUT2D eigenvalue weighted by molar-refractivity contribution is 6.15. The number of nitrogens with two attached hydrogens (primary N) is 1. The van der Waals surface area contributed by atoms with Gasteiger partial charge in [0.1, 0.15) is 0 Å². The summed E-state index contributed by atoms with van der Waals surface area (Å²) in [5.74, 6) is 1.92. The highest BCUT2D eigenvalue weighted by Gasteiger charge is 2.38. The van der Waals surface area contributed by atoms with E-state index in [4.69, 9.17) is 18.6 Å². The lowest BCUT2D eigenvalue weighted by molar-refractivity contribution is 0.133. The van der Waals surface area contributed by atoms with Crippen LogP contribution in [0.4, 0.5) is 0 Å². The van der Waals surface area contributed by atoms with E-state index in [0.717, 1.165) is 19.3 Å². The van der Waals surface area contributed by atoms with Crippen LogP contribution in [0.1, 0.15) is 79.1 Å². The van der Waals surface area contributed by atoms with E-state index in [0.29, 0.717) is 24.0 Å². The molecule has 3 atom stereocenters. The third kappa shape index (κ3) is 4.50. The third-order valence-electron chi connectivity index (χ3n) is 5.19. The Morgan fingerprint density at radius 3 is 2.55 bits per heavy atom. The Bertz CT molecular complexity index is 390. The van der Waals surface area contributed by atoms with Gasteiger partial charge < -0.3 is 10.6 Å². The zero-order valence-electron chi connectivity index (χ0n) is 15.0. The van der Waals surface area contributed by atoms with Gasteiger partial charge in [0.25, 0.3) is 0 Å². The number of amidine groups is 1. The topological polar surface area (TPSA) is 41.6 Å². The van der Waals surface area contributed by atoms with Crippen LogP contribution in [0, 0.1) is 5.92 Å². The second-order valence-corrected chi connectivity index (χ2v) is 8.04. The molecule has 2 radical (unpaired) electrons. The fourth-order valence-corrected chi connectivity index (χ4v) is 4.35. The molecule has 4 heteroatoms. The van der Waals surface area contributed by atoms with Gasteiger partial charge in [-0.25, -0.2) is 0 Å². The van der Waals surface area contributed by atoms with Gasteiger partial charge in [-0.05, 0) is 64.7 Å². The van der Waals surface area contributed by atoms with Crippen molar-refractivity contribution in [2.45, 2.75) is 103 Å². The first-order valence-corrected chi connectivity index (χ1v) is 9.23. The number of piperidine rings is 1. The summed E-state index contributed by atoms with van der Waals surface area (Å²) in [4.78, 5) is 7.52.